The molecule has 1 aromatic carbocycles. The highest BCUT2D eigenvalue weighted by molar-refractivity contribution is 5.82. The van der Waals surface area contributed by atoms with Gasteiger partial charge in [-0.1, -0.05) is 30.3 Å². The lowest BCUT2D eigenvalue weighted by Crippen LogP contribution is -2.37. The van der Waals surface area contributed by atoms with E-state index in [4.69, 9.17) is 5.11 Å². The van der Waals surface area contributed by atoms with Crippen LogP contribution in [0.1, 0.15) is 12.0 Å². The van der Waals surface area contributed by atoms with Gasteiger partial charge >= 0.3 is 5.97 Å². The third kappa shape index (κ3) is 5.93. The summed E-state index contributed by atoms with van der Waals surface area (Å²) in [7, 11) is 1.47. The Labute approximate surface area is 123 Å². The first-order valence-electron chi connectivity index (χ1n) is 6.73. The summed E-state index contributed by atoms with van der Waals surface area (Å²) in [6.07, 6.45) is -0.881. The Hall–Kier alpha value is -1.92. The Balaban J connectivity index is 2.62. The van der Waals surface area contributed by atoms with Gasteiger partial charge in [-0.3, -0.25) is 9.59 Å². The molecule has 0 radical (unpaired) electrons. The smallest absolute Gasteiger partial charge is 0.307 e. The van der Waals surface area contributed by atoms with Gasteiger partial charge in [-0.15, -0.1) is 0 Å². The molecule has 3 N–H and O–H groups in total. The van der Waals surface area contributed by atoms with Crippen LogP contribution < -0.4 is 0 Å². The summed E-state index contributed by atoms with van der Waals surface area (Å²) in [5, 5.41) is 27.3. The lowest BCUT2D eigenvalue weighted by molar-refractivity contribution is -0.146. The third-order valence-corrected chi connectivity index (χ3v) is 3.22. The van der Waals surface area contributed by atoms with Crippen molar-refractivity contribution < 1.29 is 24.9 Å². The first-order valence-corrected chi connectivity index (χ1v) is 6.73. The van der Waals surface area contributed by atoms with Gasteiger partial charge in [-0.2, -0.15) is 0 Å². The zero-order valence-electron chi connectivity index (χ0n) is 12.0. The summed E-state index contributed by atoms with van der Waals surface area (Å²) < 4.78 is 0. The number of nitrogens with zero attached hydrogens (tertiary/aromatic N) is 1. The van der Waals surface area contributed by atoms with E-state index in [9.17, 15) is 19.8 Å². The molecule has 1 unspecified atom stereocenters. The number of carbonyl (C=O) groups excluding carboxylic acids is 1. The van der Waals surface area contributed by atoms with Gasteiger partial charge in [0.2, 0.25) is 5.91 Å². The van der Waals surface area contributed by atoms with Gasteiger partial charge in [0.25, 0.3) is 0 Å². The summed E-state index contributed by atoms with van der Waals surface area (Å²) in [5.41, 5.74) is 0.857. The molecule has 0 fully saturated rings. The first-order chi connectivity index (χ1) is 9.93. The maximum atomic E-state index is 12.0. The van der Waals surface area contributed by atoms with Crippen LogP contribution >= 0.6 is 0 Å². The summed E-state index contributed by atoms with van der Waals surface area (Å²) in [6.45, 7) is -0.461. The van der Waals surface area contributed by atoms with Gasteiger partial charge in [0, 0.05) is 20.0 Å². The van der Waals surface area contributed by atoms with E-state index in [-0.39, 0.29) is 25.3 Å². The summed E-state index contributed by atoms with van der Waals surface area (Å²) >= 11 is 0. The van der Waals surface area contributed by atoms with Crippen molar-refractivity contribution in [3.8, 4) is 0 Å². The van der Waals surface area contributed by atoms with E-state index in [2.05, 4.69) is 0 Å². The molecule has 0 aliphatic carbocycles. The van der Waals surface area contributed by atoms with Gasteiger partial charge in [0.1, 0.15) is 0 Å². The van der Waals surface area contributed by atoms with E-state index in [0.717, 1.165) is 5.56 Å². The van der Waals surface area contributed by atoms with E-state index in [1.165, 1.54) is 11.9 Å². The van der Waals surface area contributed by atoms with E-state index in [0.29, 0.717) is 0 Å². The van der Waals surface area contributed by atoms with Crippen molar-refractivity contribution in [1.82, 2.24) is 4.90 Å². The molecule has 0 spiro atoms. The highest BCUT2D eigenvalue weighted by Crippen LogP contribution is 2.14. The molecule has 1 aromatic rings. The molecule has 116 valence electrons. The van der Waals surface area contributed by atoms with Crippen LogP contribution in [0.15, 0.2) is 30.3 Å². The van der Waals surface area contributed by atoms with Gasteiger partial charge in [-0.05, 0) is 12.0 Å². The zero-order chi connectivity index (χ0) is 15.8. The molecule has 0 aliphatic heterocycles. The van der Waals surface area contributed by atoms with Crippen LogP contribution in [0.25, 0.3) is 0 Å². The van der Waals surface area contributed by atoms with E-state index >= 15 is 0 Å². The van der Waals surface area contributed by atoms with E-state index < -0.39 is 24.6 Å². The number of rotatable bonds is 8. The number of carbonyl (C=O) groups is 2. The first kappa shape index (κ1) is 17.1. The monoisotopic (exact) mass is 295 g/mol. The van der Waals surface area contributed by atoms with Crippen LogP contribution in [0.5, 0.6) is 0 Å². The molecule has 6 nitrogen and oxygen atoms in total. The van der Waals surface area contributed by atoms with Crippen LogP contribution in [0.2, 0.25) is 0 Å². The second kappa shape index (κ2) is 8.39. The maximum absolute atomic E-state index is 12.0. The Bertz CT molecular complexity index is 462. The molecule has 0 saturated carbocycles. The van der Waals surface area contributed by atoms with Crippen molar-refractivity contribution in [2.24, 2.45) is 5.92 Å². The normalized spacial score (nSPS) is 13.5. The molecule has 0 saturated heterocycles. The summed E-state index contributed by atoms with van der Waals surface area (Å²) in [4.78, 5) is 24.5. The number of carboxylic acids is 1. The molecule has 2 atom stereocenters. The van der Waals surface area contributed by atoms with Crippen molar-refractivity contribution in [2.75, 3.05) is 20.2 Å². The Morgan fingerprint density at radius 3 is 2.38 bits per heavy atom. The molecular formula is C15H21NO5. The highest BCUT2D eigenvalue weighted by atomic mass is 16.4. The maximum Gasteiger partial charge on any atom is 0.307 e. The second-order valence-electron chi connectivity index (χ2n) is 5.04. The van der Waals surface area contributed by atoms with Crippen molar-refractivity contribution >= 4 is 11.9 Å². The number of aliphatic hydroxyl groups is 2. The number of likely N-dealkylation sites (N-methyl/N-ethyl adjacent to an activating group) is 1. The van der Waals surface area contributed by atoms with Gasteiger partial charge in [0.15, 0.2) is 0 Å². The van der Waals surface area contributed by atoms with E-state index in [1.54, 1.807) is 0 Å². The van der Waals surface area contributed by atoms with Crippen molar-refractivity contribution in [2.45, 2.75) is 18.9 Å². The van der Waals surface area contributed by atoms with Gasteiger partial charge < -0.3 is 20.2 Å². The molecule has 6 heteroatoms. The average Bonchev–Trinajstić information content (AvgIpc) is 2.47. The molecule has 21 heavy (non-hydrogen) atoms. The molecule has 0 aliphatic rings. The molecule has 0 heterocycles. The quantitative estimate of drug-likeness (QED) is 0.633. The number of hydrogen-bond donors (Lipinski definition) is 3. The minimum Gasteiger partial charge on any atom is -0.481 e. The standard InChI is InChI=1S/C15H21NO5/c1-16(9-13(18)10-17)14(19)8-12(15(20)21)7-11-5-3-2-4-6-11/h2-6,12-13,17-18H,7-10H2,1H3,(H,20,21)/t12-,13?/m1/s1. The lowest BCUT2D eigenvalue weighted by Gasteiger charge is -2.21. The van der Waals surface area contributed by atoms with Crippen LogP contribution in [-0.2, 0) is 16.0 Å². The number of carboxylic acid groups (broad SMARTS) is 1. The van der Waals surface area contributed by atoms with Crippen LogP contribution in [-0.4, -0.2) is 58.4 Å². The van der Waals surface area contributed by atoms with Gasteiger partial charge in [0.05, 0.1) is 18.6 Å². The molecular weight excluding hydrogens is 274 g/mol. The molecule has 0 bridgehead atoms. The second-order valence-corrected chi connectivity index (χ2v) is 5.04. The fourth-order valence-corrected chi connectivity index (χ4v) is 1.99. The van der Waals surface area contributed by atoms with E-state index in [1.807, 2.05) is 30.3 Å². The number of aliphatic carboxylic acids is 1. The number of aliphatic hydroxyl groups excluding tert-OH is 2. The Morgan fingerprint density at radius 2 is 1.86 bits per heavy atom. The van der Waals surface area contributed by atoms with Crippen LogP contribution in [0, 0.1) is 5.92 Å². The number of benzene rings is 1. The minimum absolute atomic E-state index is 0.0208. The molecule has 1 amide bonds. The molecule has 0 aromatic heterocycles. The number of amides is 1. The Kier molecular flexibility index (Phi) is 6.84. The summed E-state index contributed by atoms with van der Waals surface area (Å²) in [6, 6.07) is 9.12. The fraction of sp³-hybridized carbons (Fsp3) is 0.467. The Morgan fingerprint density at radius 1 is 1.24 bits per heavy atom. The largest absolute Gasteiger partial charge is 0.481 e. The predicted molar refractivity (Wildman–Crippen MR) is 76.6 cm³/mol. The predicted octanol–water partition coefficient (Wildman–Crippen LogP) is 0.132. The van der Waals surface area contributed by atoms with Crippen molar-refractivity contribution in [3.05, 3.63) is 35.9 Å². The third-order valence-electron chi connectivity index (χ3n) is 3.22. The van der Waals surface area contributed by atoms with Crippen molar-refractivity contribution in [3.63, 3.8) is 0 Å². The lowest BCUT2D eigenvalue weighted by atomic mass is 9.95. The van der Waals surface area contributed by atoms with Crippen molar-refractivity contribution in [1.29, 1.82) is 0 Å². The van der Waals surface area contributed by atoms with Gasteiger partial charge in [-0.25, -0.2) is 0 Å². The highest BCUT2D eigenvalue weighted by Gasteiger charge is 2.24. The molecule has 1 rings (SSSR count). The van der Waals surface area contributed by atoms with Crippen LogP contribution in [0.4, 0.5) is 0 Å². The fourth-order valence-electron chi connectivity index (χ4n) is 1.99. The van der Waals surface area contributed by atoms with Crippen LogP contribution in [0.3, 0.4) is 0 Å². The minimum atomic E-state index is -1.02. The number of hydrogen-bond acceptors (Lipinski definition) is 4. The summed E-state index contributed by atoms with van der Waals surface area (Å²) in [5.74, 6) is -2.21. The SMILES string of the molecule is CN(CC(O)CO)C(=O)C[C@@H](Cc1ccccc1)C(=O)O. The zero-order valence-corrected chi connectivity index (χ0v) is 12.0. The average molecular weight is 295 g/mol. The topological polar surface area (TPSA) is 98.1 Å².